The molecule has 6 nitrogen and oxygen atoms in total. The quantitative estimate of drug-likeness (QED) is 0.892. The van der Waals surface area contributed by atoms with Crippen molar-refractivity contribution < 1.29 is 14.3 Å². The number of H-pyrrole nitrogens is 1. The second-order valence-electron chi connectivity index (χ2n) is 6.37. The third-order valence-corrected chi connectivity index (χ3v) is 5.04. The lowest BCUT2D eigenvalue weighted by Crippen LogP contribution is -2.57. The van der Waals surface area contributed by atoms with Crippen molar-refractivity contribution in [3.05, 3.63) is 17.5 Å². The minimum Gasteiger partial charge on any atom is -0.381 e. The summed E-state index contributed by atoms with van der Waals surface area (Å²) in [7, 11) is 0. The number of rotatable bonds is 2. The molecule has 3 heterocycles. The molecule has 0 radical (unpaired) electrons. The molecule has 3 fully saturated rings. The number of morpholine rings is 1. The molecule has 1 aromatic heterocycles. The maximum absolute atomic E-state index is 12.8. The van der Waals surface area contributed by atoms with Crippen molar-refractivity contribution >= 4 is 5.91 Å². The van der Waals surface area contributed by atoms with Gasteiger partial charge in [0.2, 0.25) is 0 Å². The molecule has 1 spiro atoms. The molecule has 3 aliphatic rings. The number of aromatic amines is 1. The Labute approximate surface area is 123 Å². The van der Waals surface area contributed by atoms with Crippen LogP contribution in [0, 0.1) is 0 Å². The van der Waals surface area contributed by atoms with Crippen LogP contribution in [-0.4, -0.2) is 59.5 Å². The standard InChI is InChI=1S/C15H21N3O3/c19-14(18-5-7-21-15(10-18)3-1-4-15)12-8-16-17-13(12)11-2-6-20-9-11/h8,11H,1-7,9-10H2,(H,16,17)/t11-/m1/s1. The van der Waals surface area contributed by atoms with Gasteiger partial charge in [-0.15, -0.1) is 0 Å². The maximum Gasteiger partial charge on any atom is 0.257 e. The molecule has 1 N–H and O–H groups in total. The molecule has 1 amide bonds. The maximum atomic E-state index is 12.8. The first kappa shape index (κ1) is 13.3. The Morgan fingerprint density at radius 1 is 1.43 bits per heavy atom. The van der Waals surface area contributed by atoms with Gasteiger partial charge in [0, 0.05) is 19.1 Å². The zero-order valence-electron chi connectivity index (χ0n) is 12.1. The van der Waals surface area contributed by atoms with Crippen LogP contribution in [0.5, 0.6) is 0 Å². The Bertz CT molecular complexity index is 532. The normalized spacial score (nSPS) is 27.8. The van der Waals surface area contributed by atoms with Crippen LogP contribution in [0.4, 0.5) is 0 Å². The fraction of sp³-hybridized carbons (Fsp3) is 0.733. The smallest absolute Gasteiger partial charge is 0.257 e. The first-order chi connectivity index (χ1) is 10.3. The minimum atomic E-state index is -0.0612. The first-order valence-corrected chi connectivity index (χ1v) is 7.82. The molecular formula is C15H21N3O3. The highest BCUT2D eigenvalue weighted by atomic mass is 16.5. The van der Waals surface area contributed by atoms with E-state index in [0.717, 1.165) is 38.1 Å². The number of hydrogen-bond donors (Lipinski definition) is 1. The van der Waals surface area contributed by atoms with Gasteiger partial charge in [0.1, 0.15) is 0 Å². The molecule has 1 aliphatic carbocycles. The van der Waals surface area contributed by atoms with Crippen molar-refractivity contribution in [2.75, 3.05) is 32.9 Å². The van der Waals surface area contributed by atoms with E-state index in [1.165, 1.54) is 6.42 Å². The summed E-state index contributed by atoms with van der Waals surface area (Å²) in [5.41, 5.74) is 1.59. The summed E-state index contributed by atoms with van der Waals surface area (Å²) in [5, 5.41) is 7.10. The second kappa shape index (κ2) is 5.10. The van der Waals surface area contributed by atoms with Crippen LogP contribution in [0.1, 0.15) is 47.7 Å². The summed E-state index contributed by atoms with van der Waals surface area (Å²) in [6.45, 7) is 3.48. The molecule has 114 valence electrons. The van der Waals surface area contributed by atoms with Crippen LogP contribution in [0.15, 0.2) is 6.20 Å². The fourth-order valence-corrected chi connectivity index (χ4v) is 3.60. The Morgan fingerprint density at radius 3 is 3.05 bits per heavy atom. The van der Waals surface area contributed by atoms with Crippen LogP contribution < -0.4 is 0 Å². The number of hydrogen-bond acceptors (Lipinski definition) is 4. The van der Waals surface area contributed by atoms with Crippen LogP contribution in [-0.2, 0) is 9.47 Å². The van der Waals surface area contributed by atoms with E-state index < -0.39 is 0 Å². The van der Waals surface area contributed by atoms with E-state index in [9.17, 15) is 4.79 Å². The average Bonchev–Trinajstić information content (AvgIpc) is 3.15. The van der Waals surface area contributed by atoms with Gasteiger partial charge in [-0.25, -0.2) is 0 Å². The van der Waals surface area contributed by atoms with Crippen LogP contribution in [0.2, 0.25) is 0 Å². The molecular weight excluding hydrogens is 270 g/mol. The van der Waals surface area contributed by atoms with E-state index >= 15 is 0 Å². The lowest BCUT2D eigenvalue weighted by Gasteiger charge is -2.48. The van der Waals surface area contributed by atoms with Crippen molar-refractivity contribution in [3.8, 4) is 0 Å². The third kappa shape index (κ3) is 2.26. The average molecular weight is 291 g/mol. The molecule has 21 heavy (non-hydrogen) atoms. The lowest BCUT2D eigenvalue weighted by molar-refractivity contribution is -0.142. The van der Waals surface area contributed by atoms with Crippen LogP contribution in [0.3, 0.4) is 0 Å². The van der Waals surface area contributed by atoms with E-state index in [1.54, 1.807) is 6.20 Å². The number of nitrogens with zero attached hydrogens (tertiary/aromatic N) is 2. The Hall–Kier alpha value is -1.40. The number of aromatic nitrogens is 2. The molecule has 2 saturated heterocycles. The van der Waals surface area contributed by atoms with Crippen molar-refractivity contribution in [1.82, 2.24) is 15.1 Å². The predicted molar refractivity (Wildman–Crippen MR) is 75.2 cm³/mol. The summed E-state index contributed by atoms with van der Waals surface area (Å²) in [6, 6.07) is 0. The summed E-state index contributed by atoms with van der Waals surface area (Å²) in [6.07, 6.45) is 5.98. The largest absolute Gasteiger partial charge is 0.381 e. The Balaban J connectivity index is 1.53. The number of amides is 1. The predicted octanol–water partition coefficient (Wildman–Crippen LogP) is 1.31. The van der Waals surface area contributed by atoms with E-state index in [1.807, 2.05) is 4.90 Å². The van der Waals surface area contributed by atoms with Gasteiger partial charge in [-0.3, -0.25) is 9.89 Å². The third-order valence-electron chi connectivity index (χ3n) is 5.04. The summed E-state index contributed by atoms with van der Waals surface area (Å²) in [4.78, 5) is 14.8. The minimum absolute atomic E-state index is 0.0612. The molecule has 0 bridgehead atoms. The highest BCUT2D eigenvalue weighted by Crippen LogP contribution is 2.38. The summed E-state index contributed by atoms with van der Waals surface area (Å²) >= 11 is 0. The molecule has 1 aromatic rings. The molecule has 0 unspecified atom stereocenters. The highest BCUT2D eigenvalue weighted by Gasteiger charge is 2.43. The molecule has 1 saturated carbocycles. The highest BCUT2D eigenvalue weighted by molar-refractivity contribution is 5.95. The Morgan fingerprint density at radius 2 is 2.33 bits per heavy atom. The van der Waals surface area contributed by atoms with Crippen molar-refractivity contribution in [3.63, 3.8) is 0 Å². The summed E-state index contributed by atoms with van der Waals surface area (Å²) < 4.78 is 11.3. The SMILES string of the molecule is O=C(c1cn[nH]c1[C@@H]1CCOC1)N1CCOC2(CCC2)C1. The van der Waals surface area contributed by atoms with Gasteiger partial charge in [-0.05, 0) is 25.7 Å². The van der Waals surface area contributed by atoms with Crippen molar-refractivity contribution in [2.24, 2.45) is 0 Å². The van der Waals surface area contributed by atoms with Gasteiger partial charge >= 0.3 is 0 Å². The number of ether oxygens (including phenoxy) is 2. The van der Waals surface area contributed by atoms with Gasteiger partial charge < -0.3 is 14.4 Å². The molecule has 1 atom stereocenters. The number of nitrogens with one attached hydrogen (secondary N) is 1. The van der Waals surface area contributed by atoms with E-state index in [-0.39, 0.29) is 17.4 Å². The summed E-state index contributed by atoms with van der Waals surface area (Å²) in [5.74, 6) is 0.352. The van der Waals surface area contributed by atoms with E-state index in [4.69, 9.17) is 9.47 Å². The Kier molecular flexibility index (Phi) is 3.23. The van der Waals surface area contributed by atoms with Crippen molar-refractivity contribution in [2.45, 2.75) is 37.2 Å². The zero-order chi connectivity index (χ0) is 14.3. The van der Waals surface area contributed by atoms with Gasteiger partial charge in [0.15, 0.2) is 0 Å². The molecule has 2 aliphatic heterocycles. The fourth-order valence-electron chi connectivity index (χ4n) is 3.60. The number of carbonyl (C=O) groups is 1. The van der Waals surface area contributed by atoms with Gasteiger partial charge in [-0.1, -0.05) is 0 Å². The van der Waals surface area contributed by atoms with E-state index in [2.05, 4.69) is 10.2 Å². The monoisotopic (exact) mass is 291 g/mol. The van der Waals surface area contributed by atoms with E-state index in [0.29, 0.717) is 25.3 Å². The van der Waals surface area contributed by atoms with Gasteiger partial charge in [0.25, 0.3) is 5.91 Å². The van der Waals surface area contributed by atoms with Gasteiger partial charge in [0.05, 0.1) is 42.8 Å². The second-order valence-corrected chi connectivity index (χ2v) is 6.37. The topological polar surface area (TPSA) is 67.5 Å². The van der Waals surface area contributed by atoms with Crippen molar-refractivity contribution in [1.29, 1.82) is 0 Å². The lowest BCUT2D eigenvalue weighted by atomic mass is 9.78. The van der Waals surface area contributed by atoms with Gasteiger partial charge in [-0.2, -0.15) is 5.10 Å². The number of carbonyl (C=O) groups excluding carboxylic acids is 1. The molecule has 4 rings (SSSR count). The van der Waals surface area contributed by atoms with Crippen LogP contribution >= 0.6 is 0 Å². The molecule has 0 aromatic carbocycles. The van der Waals surface area contributed by atoms with Crippen LogP contribution in [0.25, 0.3) is 0 Å². The zero-order valence-corrected chi connectivity index (χ0v) is 12.1. The first-order valence-electron chi connectivity index (χ1n) is 7.82. The molecule has 6 heteroatoms.